The molecule has 0 bridgehead atoms. The first-order chi connectivity index (χ1) is 11.5. The van der Waals surface area contributed by atoms with Gasteiger partial charge < -0.3 is 11.1 Å². The minimum absolute atomic E-state index is 0.00293. The summed E-state index contributed by atoms with van der Waals surface area (Å²) >= 11 is 0. The van der Waals surface area contributed by atoms with E-state index < -0.39 is 0 Å². The fourth-order valence-electron chi connectivity index (χ4n) is 3.23. The van der Waals surface area contributed by atoms with Crippen LogP contribution in [0.1, 0.15) is 51.5 Å². The molecule has 0 spiro atoms. The average Bonchev–Trinajstić information content (AvgIpc) is 3.02. The van der Waals surface area contributed by atoms with Gasteiger partial charge in [0.1, 0.15) is 0 Å². The Morgan fingerprint density at radius 1 is 1.38 bits per heavy atom. The van der Waals surface area contributed by atoms with Gasteiger partial charge in [0.25, 0.3) is 0 Å². The Bertz CT molecular complexity index is 573. The van der Waals surface area contributed by atoms with E-state index in [0.717, 1.165) is 49.9 Å². The highest BCUT2D eigenvalue weighted by Crippen LogP contribution is 2.24. The van der Waals surface area contributed by atoms with E-state index >= 15 is 0 Å². The maximum absolute atomic E-state index is 12.4. The summed E-state index contributed by atoms with van der Waals surface area (Å²) in [4.78, 5) is 26.1. The normalized spacial score (nSPS) is 19.2. The number of hydrogen-bond acceptors (Lipinski definition) is 3. The molecular formula is C19H29N3O2. The van der Waals surface area contributed by atoms with E-state index in [4.69, 9.17) is 5.73 Å². The fraction of sp³-hybridized carbons (Fsp3) is 0.579. The number of carbonyl (C=O) groups is 2. The van der Waals surface area contributed by atoms with Crippen LogP contribution in [-0.2, 0) is 16.1 Å². The van der Waals surface area contributed by atoms with Gasteiger partial charge in [-0.2, -0.15) is 0 Å². The van der Waals surface area contributed by atoms with Crippen LogP contribution in [0, 0.1) is 5.92 Å². The lowest BCUT2D eigenvalue weighted by Crippen LogP contribution is -2.39. The molecule has 3 N–H and O–H groups in total. The van der Waals surface area contributed by atoms with Gasteiger partial charge in [0, 0.05) is 18.2 Å². The number of anilines is 1. The number of nitrogens with two attached hydrogens (primary N) is 1. The molecule has 0 saturated carbocycles. The van der Waals surface area contributed by atoms with Crippen molar-refractivity contribution in [1.29, 1.82) is 0 Å². The third-order valence-electron chi connectivity index (χ3n) is 4.78. The number of likely N-dealkylation sites (tertiary alicyclic amines) is 1. The summed E-state index contributed by atoms with van der Waals surface area (Å²) < 4.78 is 0. The first-order valence-corrected chi connectivity index (χ1v) is 8.95. The van der Waals surface area contributed by atoms with Crippen LogP contribution in [0.4, 0.5) is 5.69 Å². The molecule has 1 aromatic rings. The number of para-hydroxylation sites is 1. The first-order valence-electron chi connectivity index (χ1n) is 8.95. The SMILES string of the molecule is CCCCC(C)C(=O)Nc1ccccc1CN1CCCC1C(N)=O. The van der Waals surface area contributed by atoms with E-state index in [0.29, 0.717) is 6.54 Å². The largest absolute Gasteiger partial charge is 0.368 e. The lowest BCUT2D eigenvalue weighted by Gasteiger charge is -2.23. The second kappa shape index (κ2) is 8.83. The highest BCUT2D eigenvalue weighted by molar-refractivity contribution is 5.93. The molecule has 1 aromatic carbocycles. The molecule has 5 nitrogen and oxygen atoms in total. The monoisotopic (exact) mass is 331 g/mol. The zero-order chi connectivity index (χ0) is 17.5. The van der Waals surface area contributed by atoms with Crippen molar-refractivity contribution in [2.75, 3.05) is 11.9 Å². The summed E-state index contributed by atoms with van der Waals surface area (Å²) in [5.41, 5.74) is 7.36. The number of benzene rings is 1. The van der Waals surface area contributed by atoms with E-state index in [-0.39, 0.29) is 23.8 Å². The fourth-order valence-corrected chi connectivity index (χ4v) is 3.23. The van der Waals surface area contributed by atoms with Gasteiger partial charge >= 0.3 is 0 Å². The quantitative estimate of drug-likeness (QED) is 0.769. The predicted octanol–water partition coefficient (Wildman–Crippen LogP) is 2.90. The molecule has 24 heavy (non-hydrogen) atoms. The lowest BCUT2D eigenvalue weighted by molar-refractivity contribution is -0.122. The van der Waals surface area contributed by atoms with Gasteiger partial charge in [-0.05, 0) is 37.4 Å². The molecule has 2 atom stereocenters. The molecule has 1 heterocycles. The maximum Gasteiger partial charge on any atom is 0.234 e. The molecule has 1 aliphatic heterocycles. The Kier molecular flexibility index (Phi) is 6.79. The van der Waals surface area contributed by atoms with Gasteiger partial charge in [0.15, 0.2) is 0 Å². The van der Waals surface area contributed by atoms with Crippen LogP contribution >= 0.6 is 0 Å². The lowest BCUT2D eigenvalue weighted by atomic mass is 10.0. The summed E-state index contributed by atoms with van der Waals surface area (Å²) in [5.74, 6) is -0.200. The Labute approximate surface area is 144 Å². The van der Waals surface area contributed by atoms with Crippen LogP contribution in [0.15, 0.2) is 24.3 Å². The molecule has 0 aromatic heterocycles. The second-order valence-electron chi connectivity index (χ2n) is 6.72. The van der Waals surface area contributed by atoms with Gasteiger partial charge in [-0.1, -0.05) is 44.9 Å². The van der Waals surface area contributed by atoms with Crippen molar-refractivity contribution in [1.82, 2.24) is 4.90 Å². The maximum atomic E-state index is 12.4. The Morgan fingerprint density at radius 2 is 2.12 bits per heavy atom. The van der Waals surface area contributed by atoms with Gasteiger partial charge in [-0.3, -0.25) is 14.5 Å². The summed E-state index contributed by atoms with van der Waals surface area (Å²) in [6.07, 6.45) is 4.86. The minimum atomic E-state index is -0.262. The Balaban J connectivity index is 2.04. The van der Waals surface area contributed by atoms with Crippen molar-refractivity contribution in [3.63, 3.8) is 0 Å². The summed E-state index contributed by atoms with van der Waals surface area (Å²) in [6.45, 7) is 5.60. The summed E-state index contributed by atoms with van der Waals surface area (Å²) in [6, 6.07) is 7.61. The molecular weight excluding hydrogens is 302 g/mol. The molecule has 0 radical (unpaired) electrons. The highest BCUT2D eigenvalue weighted by Gasteiger charge is 2.29. The highest BCUT2D eigenvalue weighted by atomic mass is 16.2. The number of unbranched alkanes of at least 4 members (excludes halogenated alkanes) is 1. The van der Waals surface area contributed by atoms with Crippen LogP contribution in [0.25, 0.3) is 0 Å². The van der Waals surface area contributed by atoms with E-state index in [2.05, 4.69) is 17.1 Å². The van der Waals surface area contributed by atoms with Crippen molar-refractivity contribution >= 4 is 17.5 Å². The van der Waals surface area contributed by atoms with E-state index in [1.807, 2.05) is 31.2 Å². The zero-order valence-electron chi connectivity index (χ0n) is 14.8. The topological polar surface area (TPSA) is 75.4 Å². The average molecular weight is 331 g/mol. The molecule has 1 aliphatic rings. The zero-order valence-corrected chi connectivity index (χ0v) is 14.8. The molecule has 1 saturated heterocycles. The molecule has 2 rings (SSSR count). The third-order valence-corrected chi connectivity index (χ3v) is 4.78. The van der Waals surface area contributed by atoms with Gasteiger partial charge in [-0.25, -0.2) is 0 Å². The number of nitrogens with zero attached hydrogens (tertiary/aromatic N) is 1. The number of rotatable bonds is 8. The van der Waals surface area contributed by atoms with Gasteiger partial charge in [-0.15, -0.1) is 0 Å². The minimum Gasteiger partial charge on any atom is -0.368 e. The molecule has 2 amide bonds. The van der Waals surface area contributed by atoms with Crippen molar-refractivity contribution < 1.29 is 9.59 Å². The smallest absolute Gasteiger partial charge is 0.234 e. The van der Waals surface area contributed by atoms with Gasteiger partial charge in [0.05, 0.1) is 6.04 Å². The van der Waals surface area contributed by atoms with Gasteiger partial charge in [0.2, 0.25) is 11.8 Å². The van der Waals surface area contributed by atoms with E-state index in [1.165, 1.54) is 0 Å². The van der Waals surface area contributed by atoms with E-state index in [9.17, 15) is 9.59 Å². The summed E-state index contributed by atoms with van der Waals surface area (Å²) in [5, 5.41) is 3.06. The summed E-state index contributed by atoms with van der Waals surface area (Å²) in [7, 11) is 0. The molecule has 5 heteroatoms. The van der Waals surface area contributed by atoms with Crippen molar-refractivity contribution in [2.45, 2.75) is 58.5 Å². The number of primary amides is 1. The molecule has 2 unspecified atom stereocenters. The van der Waals surface area contributed by atoms with Crippen molar-refractivity contribution in [3.05, 3.63) is 29.8 Å². The van der Waals surface area contributed by atoms with E-state index in [1.54, 1.807) is 0 Å². The number of carbonyl (C=O) groups excluding carboxylic acids is 2. The van der Waals surface area contributed by atoms with Crippen molar-refractivity contribution in [3.8, 4) is 0 Å². The van der Waals surface area contributed by atoms with Crippen molar-refractivity contribution in [2.24, 2.45) is 11.7 Å². The Morgan fingerprint density at radius 3 is 2.83 bits per heavy atom. The van der Waals surface area contributed by atoms with Crippen LogP contribution < -0.4 is 11.1 Å². The van der Waals surface area contributed by atoms with Crippen LogP contribution in [0.5, 0.6) is 0 Å². The molecule has 0 aliphatic carbocycles. The standard InChI is InChI=1S/C19H29N3O2/c1-3-4-8-14(2)19(24)21-16-10-6-5-9-15(16)13-22-12-7-11-17(22)18(20)23/h5-6,9-10,14,17H,3-4,7-8,11-13H2,1-2H3,(H2,20,23)(H,21,24). The number of nitrogens with one attached hydrogen (secondary N) is 1. The van der Waals surface area contributed by atoms with Crippen LogP contribution in [-0.4, -0.2) is 29.3 Å². The molecule has 132 valence electrons. The number of amides is 2. The first kappa shape index (κ1) is 18.5. The number of hydrogen-bond donors (Lipinski definition) is 2. The molecule has 1 fully saturated rings. The van der Waals surface area contributed by atoms with Crippen LogP contribution in [0.3, 0.4) is 0 Å². The van der Waals surface area contributed by atoms with Crippen LogP contribution in [0.2, 0.25) is 0 Å². The Hall–Kier alpha value is -1.88. The predicted molar refractivity (Wildman–Crippen MR) is 96.4 cm³/mol. The second-order valence-corrected chi connectivity index (χ2v) is 6.72. The third kappa shape index (κ3) is 4.81.